The number of esters is 1. The van der Waals surface area contributed by atoms with Gasteiger partial charge in [0, 0.05) is 12.5 Å². The third-order valence-corrected chi connectivity index (χ3v) is 1.56. The molecule has 6 heteroatoms. The van der Waals surface area contributed by atoms with Crippen LogP contribution in [0.25, 0.3) is 0 Å². The fraction of sp³-hybridized carbons (Fsp3) is 0.100. The van der Waals surface area contributed by atoms with Gasteiger partial charge < -0.3 is 10.5 Å². The highest BCUT2D eigenvalue weighted by atomic mass is 16.5. The van der Waals surface area contributed by atoms with Gasteiger partial charge >= 0.3 is 5.97 Å². The van der Waals surface area contributed by atoms with Gasteiger partial charge in [-0.2, -0.15) is 5.10 Å². The molecule has 6 nitrogen and oxygen atoms in total. The van der Waals surface area contributed by atoms with Crippen molar-refractivity contribution in [2.75, 3.05) is 0 Å². The van der Waals surface area contributed by atoms with Gasteiger partial charge in [0.05, 0.1) is 6.21 Å². The van der Waals surface area contributed by atoms with Crippen LogP contribution in [0.2, 0.25) is 0 Å². The Bertz CT molecular complexity index is 429. The van der Waals surface area contributed by atoms with Crippen LogP contribution in [0, 0.1) is 5.41 Å². The van der Waals surface area contributed by atoms with E-state index in [4.69, 9.17) is 15.9 Å². The lowest BCUT2D eigenvalue weighted by Crippen LogP contribution is -2.25. The Labute approximate surface area is 92.6 Å². The predicted molar refractivity (Wildman–Crippen MR) is 60.4 cm³/mol. The molecule has 1 aromatic carbocycles. The van der Waals surface area contributed by atoms with Crippen molar-refractivity contribution < 1.29 is 9.53 Å². The maximum Gasteiger partial charge on any atom is 0.308 e. The van der Waals surface area contributed by atoms with Crippen molar-refractivity contribution in [1.29, 1.82) is 5.41 Å². The minimum absolute atomic E-state index is 0.263. The average molecular weight is 220 g/mol. The number of hydrazone groups is 1. The summed E-state index contributed by atoms with van der Waals surface area (Å²) >= 11 is 0. The van der Waals surface area contributed by atoms with Gasteiger partial charge in [0.25, 0.3) is 0 Å². The van der Waals surface area contributed by atoms with E-state index in [1.54, 1.807) is 24.3 Å². The van der Waals surface area contributed by atoms with E-state index in [0.717, 1.165) is 0 Å². The van der Waals surface area contributed by atoms with Gasteiger partial charge in [-0.1, -0.05) is 12.1 Å². The number of ether oxygens (including phenoxy) is 1. The number of nitrogens with one attached hydrogen (secondary N) is 2. The second kappa shape index (κ2) is 5.50. The minimum atomic E-state index is -0.402. The molecule has 1 aromatic rings. The van der Waals surface area contributed by atoms with E-state index in [9.17, 15) is 4.79 Å². The molecule has 1 rings (SSSR count). The van der Waals surface area contributed by atoms with Crippen LogP contribution in [0.5, 0.6) is 5.75 Å². The van der Waals surface area contributed by atoms with E-state index in [1.165, 1.54) is 13.1 Å². The highest BCUT2D eigenvalue weighted by Crippen LogP contribution is 2.15. The zero-order valence-electron chi connectivity index (χ0n) is 8.73. The number of carbonyl (C=O) groups excluding carboxylic acids is 1. The summed E-state index contributed by atoms with van der Waals surface area (Å²) in [5, 5.41) is 10.6. The van der Waals surface area contributed by atoms with Gasteiger partial charge in [0.1, 0.15) is 5.75 Å². The normalized spacial score (nSPS) is 10.1. The van der Waals surface area contributed by atoms with Gasteiger partial charge in [-0.05, 0) is 12.1 Å². The molecule has 84 valence electrons. The van der Waals surface area contributed by atoms with Gasteiger partial charge in [-0.15, -0.1) is 0 Å². The Morgan fingerprint density at radius 1 is 1.56 bits per heavy atom. The SMILES string of the molecule is CC(=O)Oc1ccccc1/C=N/NC(=N)N. The quantitative estimate of drug-likeness (QED) is 0.226. The standard InChI is InChI=1S/C10H12N4O2/c1-7(15)16-9-5-3-2-4-8(9)6-13-14-10(11)12/h2-6H,1H3,(H4,11,12,14)/b13-6+. The van der Waals surface area contributed by atoms with Gasteiger partial charge in [-0.25, -0.2) is 5.43 Å². The Balaban J connectivity index is 2.82. The summed E-state index contributed by atoms with van der Waals surface area (Å²) in [6.45, 7) is 1.32. The molecule has 0 fully saturated rings. The van der Waals surface area contributed by atoms with Crippen LogP contribution < -0.4 is 15.9 Å². The first-order chi connectivity index (χ1) is 7.59. The summed E-state index contributed by atoms with van der Waals surface area (Å²) in [5.41, 5.74) is 7.93. The summed E-state index contributed by atoms with van der Waals surface area (Å²) in [5.74, 6) is -0.259. The van der Waals surface area contributed by atoms with Gasteiger partial charge in [0.2, 0.25) is 5.96 Å². The lowest BCUT2D eigenvalue weighted by molar-refractivity contribution is -0.131. The number of rotatable bonds is 3. The van der Waals surface area contributed by atoms with Crippen LogP contribution >= 0.6 is 0 Å². The molecule has 0 aliphatic rings. The molecule has 16 heavy (non-hydrogen) atoms. The Morgan fingerprint density at radius 3 is 2.88 bits per heavy atom. The maximum absolute atomic E-state index is 10.8. The van der Waals surface area contributed by atoms with Crippen molar-refractivity contribution in [3.8, 4) is 5.75 Å². The predicted octanol–water partition coefficient (Wildman–Crippen LogP) is 0.429. The highest BCUT2D eigenvalue weighted by Gasteiger charge is 2.02. The minimum Gasteiger partial charge on any atom is -0.426 e. The van der Waals surface area contributed by atoms with E-state index in [2.05, 4.69) is 10.5 Å². The van der Waals surface area contributed by atoms with Crippen molar-refractivity contribution >= 4 is 18.1 Å². The molecular weight excluding hydrogens is 208 g/mol. The fourth-order valence-electron chi connectivity index (χ4n) is 1.01. The molecule has 0 aliphatic carbocycles. The van der Waals surface area contributed by atoms with E-state index in [1.807, 2.05) is 0 Å². The van der Waals surface area contributed by atoms with E-state index >= 15 is 0 Å². The number of nitrogens with zero attached hydrogens (tertiary/aromatic N) is 1. The van der Waals surface area contributed by atoms with Crippen LogP contribution in [0.4, 0.5) is 0 Å². The van der Waals surface area contributed by atoms with Crippen LogP contribution in [-0.4, -0.2) is 18.1 Å². The van der Waals surface area contributed by atoms with Crippen LogP contribution in [0.3, 0.4) is 0 Å². The molecule has 0 aromatic heterocycles. The largest absolute Gasteiger partial charge is 0.426 e. The van der Waals surface area contributed by atoms with Crippen molar-refractivity contribution in [3.63, 3.8) is 0 Å². The molecule has 0 unspecified atom stereocenters. The molecule has 0 atom stereocenters. The zero-order chi connectivity index (χ0) is 12.0. The Kier molecular flexibility index (Phi) is 4.02. The van der Waals surface area contributed by atoms with Gasteiger partial charge in [0.15, 0.2) is 0 Å². The van der Waals surface area contributed by atoms with Crippen molar-refractivity contribution in [2.45, 2.75) is 6.92 Å². The zero-order valence-corrected chi connectivity index (χ0v) is 8.73. The van der Waals surface area contributed by atoms with Crippen LogP contribution in [0.15, 0.2) is 29.4 Å². The summed E-state index contributed by atoms with van der Waals surface area (Å²) < 4.78 is 4.96. The topological polar surface area (TPSA) is 101 Å². The van der Waals surface area contributed by atoms with Crippen molar-refractivity contribution in [3.05, 3.63) is 29.8 Å². The first-order valence-electron chi connectivity index (χ1n) is 4.50. The molecule has 0 heterocycles. The molecule has 0 radical (unpaired) electrons. The Hall–Kier alpha value is -2.37. The molecule has 0 aliphatic heterocycles. The smallest absolute Gasteiger partial charge is 0.308 e. The average Bonchev–Trinajstić information content (AvgIpc) is 2.19. The summed E-state index contributed by atoms with van der Waals surface area (Å²) in [4.78, 5) is 10.8. The van der Waals surface area contributed by atoms with Crippen molar-refractivity contribution in [2.24, 2.45) is 10.8 Å². The summed E-state index contributed by atoms with van der Waals surface area (Å²) in [6.07, 6.45) is 1.42. The lowest BCUT2D eigenvalue weighted by atomic mass is 10.2. The van der Waals surface area contributed by atoms with E-state index < -0.39 is 5.97 Å². The maximum atomic E-state index is 10.8. The summed E-state index contributed by atoms with van der Waals surface area (Å²) in [7, 11) is 0. The van der Waals surface area contributed by atoms with E-state index in [-0.39, 0.29) is 5.96 Å². The lowest BCUT2D eigenvalue weighted by Gasteiger charge is -2.04. The third kappa shape index (κ3) is 3.79. The second-order valence-corrected chi connectivity index (χ2v) is 2.92. The second-order valence-electron chi connectivity index (χ2n) is 2.92. The number of hydrogen-bond acceptors (Lipinski definition) is 4. The number of carbonyl (C=O) groups is 1. The number of guanidine groups is 1. The van der Waals surface area contributed by atoms with Crippen LogP contribution in [0.1, 0.15) is 12.5 Å². The molecular formula is C10H12N4O2. The molecule has 0 saturated carbocycles. The van der Waals surface area contributed by atoms with E-state index in [0.29, 0.717) is 11.3 Å². The number of hydrogen-bond donors (Lipinski definition) is 3. The molecule has 0 spiro atoms. The fourth-order valence-corrected chi connectivity index (χ4v) is 1.01. The van der Waals surface area contributed by atoms with Gasteiger partial charge in [-0.3, -0.25) is 10.2 Å². The molecule has 0 amide bonds. The first-order valence-corrected chi connectivity index (χ1v) is 4.50. The van der Waals surface area contributed by atoms with Crippen LogP contribution in [-0.2, 0) is 4.79 Å². The van der Waals surface area contributed by atoms with Crippen molar-refractivity contribution in [1.82, 2.24) is 5.43 Å². The number of benzene rings is 1. The highest BCUT2D eigenvalue weighted by molar-refractivity contribution is 5.86. The first kappa shape index (κ1) is 11.7. The number of nitrogens with two attached hydrogens (primary N) is 1. The number of para-hydroxylation sites is 1. The Morgan fingerprint density at radius 2 is 2.25 bits per heavy atom. The summed E-state index contributed by atoms with van der Waals surface area (Å²) in [6, 6.07) is 6.90. The molecule has 0 bridgehead atoms. The molecule has 0 saturated heterocycles. The third-order valence-electron chi connectivity index (χ3n) is 1.56. The molecule has 4 N–H and O–H groups in total. The monoisotopic (exact) mass is 220 g/mol.